The standard InChI is InChI=1S/C13H28N2OS/c1-5-7-9-15(11(3)6-2)13(16)12(14)8-10-17-4/h11-12H,5-10,14H2,1-4H3/t11?,12-/m0/s1. The zero-order chi connectivity index (χ0) is 13.3. The third kappa shape index (κ3) is 6.32. The average molecular weight is 260 g/mol. The molecule has 0 aliphatic rings. The molecule has 0 spiro atoms. The number of nitrogens with two attached hydrogens (primary N) is 1. The third-order valence-corrected chi connectivity index (χ3v) is 3.75. The summed E-state index contributed by atoms with van der Waals surface area (Å²) in [7, 11) is 0. The number of hydrogen-bond acceptors (Lipinski definition) is 3. The predicted molar refractivity (Wildman–Crippen MR) is 77.3 cm³/mol. The van der Waals surface area contributed by atoms with Crippen molar-refractivity contribution in [3.63, 3.8) is 0 Å². The summed E-state index contributed by atoms with van der Waals surface area (Å²) in [5, 5.41) is 0. The van der Waals surface area contributed by atoms with Crippen LogP contribution in [-0.4, -0.2) is 41.4 Å². The highest BCUT2D eigenvalue weighted by molar-refractivity contribution is 7.98. The molecule has 3 nitrogen and oxygen atoms in total. The van der Waals surface area contributed by atoms with E-state index in [9.17, 15) is 4.79 Å². The van der Waals surface area contributed by atoms with E-state index in [2.05, 4.69) is 20.8 Å². The maximum atomic E-state index is 12.2. The van der Waals surface area contributed by atoms with Crippen molar-refractivity contribution in [1.82, 2.24) is 4.90 Å². The van der Waals surface area contributed by atoms with Crippen LogP contribution in [0.25, 0.3) is 0 Å². The third-order valence-electron chi connectivity index (χ3n) is 3.11. The molecule has 1 amide bonds. The van der Waals surface area contributed by atoms with Crippen molar-refractivity contribution < 1.29 is 4.79 Å². The normalized spacial score (nSPS) is 14.4. The topological polar surface area (TPSA) is 46.3 Å². The van der Waals surface area contributed by atoms with Crippen molar-refractivity contribution in [1.29, 1.82) is 0 Å². The predicted octanol–water partition coefficient (Wildman–Crippen LogP) is 2.49. The Bertz CT molecular complexity index is 212. The van der Waals surface area contributed by atoms with Crippen molar-refractivity contribution in [2.75, 3.05) is 18.6 Å². The van der Waals surface area contributed by atoms with Crippen LogP contribution in [0.4, 0.5) is 0 Å². The monoisotopic (exact) mass is 260 g/mol. The van der Waals surface area contributed by atoms with Crippen molar-refractivity contribution in [3.8, 4) is 0 Å². The molecule has 0 saturated carbocycles. The summed E-state index contributed by atoms with van der Waals surface area (Å²) in [6.45, 7) is 7.21. The minimum absolute atomic E-state index is 0.127. The van der Waals surface area contributed by atoms with Crippen molar-refractivity contribution in [3.05, 3.63) is 0 Å². The largest absolute Gasteiger partial charge is 0.339 e. The summed E-state index contributed by atoms with van der Waals surface area (Å²) in [5.41, 5.74) is 5.96. The lowest BCUT2D eigenvalue weighted by Gasteiger charge is -2.31. The van der Waals surface area contributed by atoms with Gasteiger partial charge in [-0.15, -0.1) is 0 Å². The van der Waals surface area contributed by atoms with E-state index in [0.717, 1.165) is 38.0 Å². The second-order valence-electron chi connectivity index (χ2n) is 4.53. The van der Waals surface area contributed by atoms with Gasteiger partial charge < -0.3 is 10.6 Å². The summed E-state index contributed by atoms with van der Waals surface area (Å²) in [6, 6.07) is -0.0253. The molecule has 0 rings (SSSR count). The van der Waals surface area contributed by atoms with Crippen molar-refractivity contribution >= 4 is 17.7 Å². The van der Waals surface area contributed by atoms with E-state index < -0.39 is 0 Å². The van der Waals surface area contributed by atoms with E-state index in [1.807, 2.05) is 11.2 Å². The SMILES string of the molecule is CCCCN(C(=O)[C@@H](N)CCSC)C(C)CC. The van der Waals surface area contributed by atoms with Gasteiger partial charge in [0.2, 0.25) is 5.91 Å². The molecule has 0 bridgehead atoms. The second kappa shape index (κ2) is 9.77. The first kappa shape index (κ1) is 16.8. The lowest BCUT2D eigenvalue weighted by atomic mass is 10.1. The molecular weight excluding hydrogens is 232 g/mol. The Hall–Kier alpha value is -0.220. The zero-order valence-electron chi connectivity index (χ0n) is 11.7. The van der Waals surface area contributed by atoms with E-state index in [4.69, 9.17) is 5.73 Å². The van der Waals surface area contributed by atoms with E-state index >= 15 is 0 Å². The van der Waals surface area contributed by atoms with Gasteiger partial charge in [0.1, 0.15) is 0 Å². The lowest BCUT2D eigenvalue weighted by Crippen LogP contribution is -2.48. The zero-order valence-corrected chi connectivity index (χ0v) is 12.6. The number of carbonyl (C=O) groups excluding carboxylic acids is 1. The molecule has 2 N–H and O–H groups in total. The highest BCUT2D eigenvalue weighted by atomic mass is 32.2. The van der Waals surface area contributed by atoms with Gasteiger partial charge in [-0.25, -0.2) is 0 Å². The molecule has 102 valence electrons. The van der Waals surface area contributed by atoms with Gasteiger partial charge in [-0.1, -0.05) is 20.3 Å². The smallest absolute Gasteiger partial charge is 0.239 e. The van der Waals surface area contributed by atoms with Crippen LogP contribution in [0.15, 0.2) is 0 Å². The van der Waals surface area contributed by atoms with E-state index in [0.29, 0.717) is 6.04 Å². The van der Waals surface area contributed by atoms with Gasteiger partial charge in [-0.2, -0.15) is 11.8 Å². The van der Waals surface area contributed by atoms with Crippen LogP contribution in [0.5, 0.6) is 0 Å². The Labute approximate surface area is 111 Å². The number of hydrogen-bond donors (Lipinski definition) is 1. The molecule has 0 aromatic heterocycles. The molecule has 0 radical (unpaired) electrons. The van der Waals surface area contributed by atoms with Crippen molar-refractivity contribution in [2.45, 2.75) is 58.5 Å². The fourth-order valence-corrected chi connectivity index (χ4v) is 2.17. The quantitative estimate of drug-likeness (QED) is 0.693. The van der Waals surface area contributed by atoms with Gasteiger partial charge in [0.25, 0.3) is 0 Å². The van der Waals surface area contributed by atoms with Gasteiger partial charge in [0.15, 0.2) is 0 Å². The lowest BCUT2D eigenvalue weighted by molar-refractivity contribution is -0.134. The Morgan fingerprint density at radius 1 is 1.41 bits per heavy atom. The fourth-order valence-electron chi connectivity index (χ4n) is 1.68. The summed E-state index contributed by atoms with van der Waals surface area (Å²) in [4.78, 5) is 14.2. The maximum Gasteiger partial charge on any atom is 0.239 e. The minimum atomic E-state index is -0.326. The molecule has 0 aliphatic carbocycles. The number of rotatable bonds is 9. The van der Waals surface area contributed by atoms with Gasteiger partial charge in [0.05, 0.1) is 6.04 Å². The van der Waals surface area contributed by atoms with Crippen LogP contribution in [0, 0.1) is 0 Å². The van der Waals surface area contributed by atoms with E-state index in [-0.39, 0.29) is 11.9 Å². The first-order chi connectivity index (χ1) is 8.08. The van der Waals surface area contributed by atoms with Crippen molar-refractivity contribution in [2.24, 2.45) is 5.73 Å². The molecule has 0 aliphatic heterocycles. The summed E-state index contributed by atoms with van der Waals surface area (Å²) >= 11 is 1.74. The Morgan fingerprint density at radius 2 is 2.06 bits per heavy atom. The number of carbonyl (C=O) groups is 1. The van der Waals surface area contributed by atoms with Gasteiger partial charge >= 0.3 is 0 Å². The highest BCUT2D eigenvalue weighted by Crippen LogP contribution is 2.10. The number of thioether (sulfide) groups is 1. The van der Waals surface area contributed by atoms with Gasteiger partial charge in [-0.05, 0) is 38.2 Å². The molecule has 0 heterocycles. The molecule has 0 aromatic carbocycles. The molecule has 0 fully saturated rings. The molecular formula is C13H28N2OS. The molecule has 4 heteroatoms. The Balaban J connectivity index is 4.39. The Morgan fingerprint density at radius 3 is 2.53 bits per heavy atom. The first-order valence-electron chi connectivity index (χ1n) is 6.63. The maximum absolute atomic E-state index is 12.2. The molecule has 17 heavy (non-hydrogen) atoms. The van der Waals surface area contributed by atoms with E-state index in [1.54, 1.807) is 11.8 Å². The second-order valence-corrected chi connectivity index (χ2v) is 5.52. The minimum Gasteiger partial charge on any atom is -0.339 e. The van der Waals surface area contributed by atoms with Crippen LogP contribution in [0.1, 0.15) is 46.5 Å². The van der Waals surface area contributed by atoms with E-state index in [1.165, 1.54) is 0 Å². The summed E-state index contributed by atoms with van der Waals surface area (Å²) in [6.07, 6.45) is 5.98. The van der Waals surface area contributed by atoms with Crippen LogP contribution < -0.4 is 5.73 Å². The van der Waals surface area contributed by atoms with Crippen LogP contribution in [0.2, 0.25) is 0 Å². The molecule has 1 unspecified atom stereocenters. The van der Waals surface area contributed by atoms with Crippen LogP contribution >= 0.6 is 11.8 Å². The summed E-state index contributed by atoms with van der Waals surface area (Å²) in [5.74, 6) is 1.08. The van der Waals surface area contributed by atoms with Gasteiger partial charge in [0, 0.05) is 12.6 Å². The molecule has 0 saturated heterocycles. The number of amides is 1. The summed E-state index contributed by atoms with van der Waals surface area (Å²) < 4.78 is 0. The average Bonchev–Trinajstić information content (AvgIpc) is 2.35. The molecule has 0 aromatic rings. The number of unbranched alkanes of at least 4 members (excludes halogenated alkanes) is 1. The highest BCUT2D eigenvalue weighted by Gasteiger charge is 2.23. The van der Waals surface area contributed by atoms with Crippen LogP contribution in [0.3, 0.4) is 0 Å². The molecule has 2 atom stereocenters. The van der Waals surface area contributed by atoms with Crippen LogP contribution in [-0.2, 0) is 4.79 Å². The van der Waals surface area contributed by atoms with Gasteiger partial charge in [-0.3, -0.25) is 4.79 Å². The number of nitrogens with zero attached hydrogens (tertiary/aromatic N) is 1. The first-order valence-corrected chi connectivity index (χ1v) is 8.02. The Kier molecular flexibility index (Phi) is 9.65. The fraction of sp³-hybridized carbons (Fsp3) is 0.923.